The zero-order valence-electron chi connectivity index (χ0n) is 14.2. The molecule has 0 radical (unpaired) electrons. The molecule has 1 aromatic carbocycles. The second-order valence-corrected chi connectivity index (χ2v) is 6.85. The Hall–Kier alpha value is -2.01. The van der Waals surface area contributed by atoms with Gasteiger partial charge in [-0.15, -0.1) is 0 Å². The number of nitrogens with zero attached hydrogens (tertiary/aromatic N) is 4. The van der Waals surface area contributed by atoms with E-state index in [2.05, 4.69) is 22.1 Å². The minimum Gasteiger partial charge on any atom is -0.371 e. The summed E-state index contributed by atoms with van der Waals surface area (Å²) in [5.74, 6) is 0.114. The van der Waals surface area contributed by atoms with E-state index >= 15 is 0 Å². The molecule has 5 nitrogen and oxygen atoms in total. The van der Waals surface area contributed by atoms with Crippen molar-refractivity contribution in [3.8, 4) is 0 Å². The van der Waals surface area contributed by atoms with Crippen molar-refractivity contribution >= 4 is 23.2 Å². The Balaban J connectivity index is 1.53. The number of hydrogen-bond donors (Lipinski definition) is 0. The number of anilines is 1. The summed E-state index contributed by atoms with van der Waals surface area (Å²) >= 11 is 5.95. The predicted molar refractivity (Wildman–Crippen MR) is 96.4 cm³/mol. The molecule has 2 aromatic rings. The van der Waals surface area contributed by atoms with Crippen LogP contribution < -0.4 is 4.90 Å². The molecule has 0 N–H and O–H groups in total. The molecule has 0 atom stereocenters. The zero-order valence-corrected chi connectivity index (χ0v) is 14.9. The summed E-state index contributed by atoms with van der Waals surface area (Å²) in [4.78, 5) is 16.7. The van der Waals surface area contributed by atoms with Gasteiger partial charge >= 0.3 is 0 Å². The Morgan fingerprint density at radius 2 is 1.96 bits per heavy atom. The second kappa shape index (κ2) is 7.26. The Kier molecular flexibility index (Phi) is 5.09. The van der Waals surface area contributed by atoms with Crippen LogP contribution in [0.25, 0.3) is 0 Å². The summed E-state index contributed by atoms with van der Waals surface area (Å²) in [6.45, 7) is 4.18. The highest BCUT2D eigenvalue weighted by molar-refractivity contribution is 6.30. The topological polar surface area (TPSA) is 41.4 Å². The molecule has 0 unspecified atom stereocenters. The first-order valence-electron chi connectivity index (χ1n) is 8.28. The van der Waals surface area contributed by atoms with Crippen molar-refractivity contribution in [3.63, 3.8) is 0 Å². The third-order valence-corrected chi connectivity index (χ3v) is 4.91. The second-order valence-electron chi connectivity index (χ2n) is 6.41. The van der Waals surface area contributed by atoms with E-state index in [1.165, 1.54) is 5.69 Å². The molecule has 1 saturated heterocycles. The Labute approximate surface area is 147 Å². The van der Waals surface area contributed by atoms with E-state index in [1.54, 1.807) is 10.9 Å². The molecule has 24 heavy (non-hydrogen) atoms. The average molecular weight is 347 g/mol. The highest BCUT2D eigenvalue weighted by atomic mass is 35.5. The van der Waals surface area contributed by atoms with Crippen LogP contribution in [0.5, 0.6) is 0 Å². The average Bonchev–Trinajstić information content (AvgIpc) is 3.00. The Bertz CT molecular complexity index is 689. The maximum absolute atomic E-state index is 12.4. The summed E-state index contributed by atoms with van der Waals surface area (Å²) in [5, 5.41) is 4.95. The van der Waals surface area contributed by atoms with Crippen molar-refractivity contribution in [2.45, 2.75) is 32.4 Å². The van der Waals surface area contributed by atoms with E-state index in [4.69, 9.17) is 11.6 Å². The van der Waals surface area contributed by atoms with Crippen molar-refractivity contribution < 1.29 is 4.79 Å². The van der Waals surface area contributed by atoms with Gasteiger partial charge in [0.05, 0.1) is 6.20 Å². The highest BCUT2D eigenvalue weighted by Gasteiger charge is 2.25. The largest absolute Gasteiger partial charge is 0.371 e. The number of benzene rings is 1. The first-order valence-corrected chi connectivity index (χ1v) is 8.66. The van der Waals surface area contributed by atoms with Crippen LogP contribution in [-0.4, -0.2) is 46.8 Å². The van der Waals surface area contributed by atoms with Crippen LogP contribution in [0.1, 0.15) is 18.4 Å². The predicted octanol–water partition coefficient (Wildman–Crippen LogP) is 2.97. The highest BCUT2D eigenvalue weighted by Crippen LogP contribution is 2.23. The first-order chi connectivity index (χ1) is 11.5. The molecule has 128 valence electrons. The monoisotopic (exact) mass is 346 g/mol. The Morgan fingerprint density at radius 1 is 1.29 bits per heavy atom. The van der Waals surface area contributed by atoms with Crippen LogP contribution in [0.3, 0.4) is 0 Å². The number of carbonyl (C=O) groups excluding carboxylic acids is 1. The van der Waals surface area contributed by atoms with Crippen LogP contribution in [0, 0.1) is 6.92 Å². The molecular formula is C18H23ClN4O. The minimum atomic E-state index is 0.114. The molecule has 1 aliphatic heterocycles. The molecule has 1 aromatic heterocycles. The van der Waals surface area contributed by atoms with Crippen LogP contribution in [-0.2, 0) is 11.3 Å². The molecule has 3 rings (SSSR count). The van der Waals surface area contributed by atoms with Gasteiger partial charge in [-0.2, -0.15) is 5.10 Å². The number of piperidine rings is 1. The van der Waals surface area contributed by atoms with Crippen molar-refractivity contribution in [3.05, 3.63) is 47.2 Å². The standard InChI is InChI=1S/C18H23ClN4O/c1-14-11-20-23(12-14)13-18(24)21(2)16-7-9-22(10-8-16)17-5-3-15(19)4-6-17/h3-6,11-12,16H,7-10,13H2,1-2H3. The number of amides is 1. The molecule has 2 heterocycles. The van der Waals surface area contributed by atoms with E-state index in [0.717, 1.165) is 36.5 Å². The molecule has 0 spiro atoms. The third kappa shape index (κ3) is 3.90. The van der Waals surface area contributed by atoms with E-state index < -0.39 is 0 Å². The first kappa shape index (κ1) is 16.8. The van der Waals surface area contributed by atoms with Crippen molar-refractivity contribution in [2.75, 3.05) is 25.0 Å². The van der Waals surface area contributed by atoms with Crippen LogP contribution in [0.15, 0.2) is 36.7 Å². The maximum Gasteiger partial charge on any atom is 0.244 e. The molecule has 1 aliphatic rings. The molecule has 6 heteroatoms. The van der Waals surface area contributed by atoms with Crippen molar-refractivity contribution in [1.29, 1.82) is 0 Å². The van der Waals surface area contributed by atoms with Crippen LogP contribution in [0.2, 0.25) is 5.02 Å². The number of likely N-dealkylation sites (N-methyl/N-ethyl adjacent to an activating group) is 1. The lowest BCUT2D eigenvalue weighted by Crippen LogP contribution is -2.46. The number of hydrogen-bond acceptors (Lipinski definition) is 3. The quantitative estimate of drug-likeness (QED) is 0.854. The van der Waals surface area contributed by atoms with Gasteiger partial charge in [0.25, 0.3) is 0 Å². The van der Waals surface area contributed by atoms with Gasteiger partial charge in [0, 0.05) is 43.1 Å². The van der Waals surface area contributed by atoms with E-state index in [-0.39, 0.29) is 11.9 Å². The fraction of sp³-hybridized carbons (Fsp3) is 0.444. The summed E-state index contributed by atoms with van der Waals surface area (Å²) in [6, 6.07) is 8.24. The number of aromatic nitrogens is 2. The maximum atomic E-state index is 12.4. The molecule has 0 aliphatic carbocycles. The zero-order chi connectivity index (χ0) is 17.1. The van der Waals surface area contributed by atoms with Crippen LogP contribution in [0.4, 0.5) is 5.69 Å². The smallest absolute Gasteiger partial charge is 0.244 e. The van der Waals surface area contributed by atoms with E-state index in [9.17, 15) is 4.79 Å². The van der Waals surface area contributed by atoms with Crippen LogP contribution >= 0.6 is 11.6 Å². The fourth-order valence-electron chi connectivity index (χ4n) is 3.17. The van der Waals surface area contributed by atoms with Gasteiger partial charge in [0.2, 0.25) is 5.91 Å². The molecular weight excluding hydrogens is 324 g/mol. The summed E-state index contributed by atoms with van der Waals surface area (Å²) in [5.41, 5.74) is 2.26. The molecule has 1 amide bonds. The van der Waals surface area contributed by atoms with Gasteiger partial charge in [-0.1, -0.05) is 11.6 Å². The number of carbonyl (C=O) groups is 1. The van der Waals surface area contributed by atoms with Gasteiger partial charge in [0.15, 0.2) is 0 Å². The lowest BCUT2D eigenvalue weighted by atomic mass is 10.0. The molecule has 0 saturated carbocycles. The van der Waals surface area contributed by atoms with Gasteiger partial charge in [0.1, 0.15) is 6.54 Å². The van der Waals surface area contributed by atoms with Crippen molar-refractivity contribution in [1.82, 2.24) is 14.7 Å². The van der Waals surface area contributed by atoms with Gasteiger partial charge < -0.3 is 9.80 Å². The summed E-state index contributed by atoms with van der Waals surface area (Å²) in [6.07, 6.45) is 5.62. The lowest BCUT2D eigenvalue weighted by molar-refractivity contribution is -0.133. The van der Waals surface area contributed by atoms with Gasteiger partial charge in [-0.3, -0.25) is 9.48 Å². The van der Waals surface area contributed by atoms with Gasteiger partial charge in [-0.05, 0) is 49.6 Å². The fourth-order valence-corrected chi connectivity index (χ4v) is 3.30. The summed E-state index contributed by atoms with van der Waals surface area (Å²) in [7, 11) is 1.90. The molecule has 1 fully saturated rings. The van der Waals surface area contributed by atoms with Gasteiger partial charge in [-0.25, -0.2) is 0 Å². The van der Waals surface area contributed by atoms with Crippen molar-refractivity contribution in [2.24, 2.45) is 0 Å². The minimum absolute atomic E-state index is 0.114. The lowest BCUT2D eigenvalue weighted by Gasteiger charge is -2.38. The molecule has 0 bridgehead atoms. The van der Waals surface area contributed by atoms with E-state index in [1.807, 2.05) is 37.2 Å². The third-order valence-electron chi connectivity index (χ3n) is 4.66. The number of aryl methyl sites for hydroxylation is 1. The number of rotatable bonds is 4. The van der Waals surface area contributed by atoms with E-state index in [0.29, 0.717) is 6.54 Å². The normalized spacial score (nSPS) is 15.5. The number of halogens is 1. The Morgan fingerprint density at radius 3 is 2.54 bits per heavy atom. The SMILES string of the molecule is Cc1cnn(CC(=O)N(C)C2CCN(c3ccc(Cl)cc3)CC2)c1. The summed E-state index contributed by atoms with van der Waals surface area (Å²) < 4.78 is 1.71.